The number of carbonyl (C=O) groups is 3. The number of methoxy groups -OCH3 is 1. The van der Waals surface area contributed by atoms with Crippen LogP contribution in [0, 0.1) is 5.41 Å². The van der Waals surface area contributed by atoms with Crippen LogP contribution in [0.4, 0.5) is 0 Å². The summed E-state index contributed by atoms with van der Waals surface area (Å²) in [5.41, 5.74) is 0.370. The van der Waals surface area contributed by atoms with Gasteiger partial charge in [-0.05, 0) is 49.1 Å². The van der Waals surface area contributed by atoms with E-state index >= 15 is 0 Å². The molecule has 0 radical (unpaired) electrons. The number of ether oxygens (including phenoxy) is 2. The Labute approximate surface area is 254 Å². The molecule has 5 nitrogen and oxygen atoms in total. The van der Waals surface area contributed by atoms with Crippen LogP contribution >= 0.6 is 15.9 Å². The molecule has 6 heteroatoms. The molecule has 0 fully saturated rings. The molecular weight excluding hydrogens is 592 g/mol. The van der Waals surface area contributed by atoms with Crippen LogP contribution in [0.1, 0.15) is 45.5 Å². The first-order valence-corrected chi connectivity index (χ1v) is 14.2. The van der Waals surface area contributed by atoms with Crippen LogP contribution < -0.4 is 0 Å². The molecule has 3 aromatic carbocycles. The molecule has 0 saturated carbocycles. The molecular formula is C36H31BrO5. The van der Waals surface area contributed by atoms with Crippen molar-refractivity contribution in [2.75, 3.05) is 7.11 Å². The Bertz CT molecular complexity index is 1580. The normalized spacial score (nSPS) is 16.9. The van der Waals surface area contributed by atoms with Crippen LogP contribution in [0.25, 0.3) is 6.08 Å². The first kappa shape index (κ1) is 30.4. The van der Waals surface area contributed by atoms with Gasteiger partial charge < -0.3 is 9.47 Å². The summed E-state index contributed by atoms with van der Waals surface area (Å²) in [5, 5.41) is 0. The molecule has 0 amide bonds. The maximum absolute atomic E-state index is 14.2. The number of esters is 1. The molecule has 0 saturated heterocycles. The van der Waals surface area contributed by atoms with Crippen LogP contribution in [0.3, 0.4) is 0 Å². The third-order valence-electron chi connectivity index (χ3n) is 7.03. The lowest BCUT2D eigenvalue weighted by Crippen LogP contribution is -2.39. The zero-order chi connectivity index (χ0) is 30.1. The number of carbonyl (C=O) groups excluding carboxylic acids is 3. The maximum Gasteiger partial charge on any atom is 0.343 e. The third kappa shape index (κ3) is 6.34. The molecule has 0 N–H and O–H groups in total. The number of benzene rings is 3. The van der Waals surface area contributed by atoms with Gasteiger partial charge in [-0.1, -0.05) is 101 Å². The highest BCUT2D eigenvalue weighted by molar-refractivity contribution is 9.10. The Morgan fingerprint density at radius 2 is 1.48 bits per heavy atom. The summed E-state index contributed by atoms with van der Waals surface area (Å²) in [4.78, 5) is 41.9. The lowest BCUT2D eigenvalue weighted by atomic mass is 9.68. The molecule has 0 aromatic heterocycles. The highest BCUT2D eigenvalue weighted by Crippen LogP contribution is 2.51. The molecule has 0 unspecified atom stereocenters. The summed E-state index contributed by atoms with van der Waals surface area (Å²) in [6.07, 6.45) is 7.76. The van der Waals surface area contributed by atoms with E-state index in [0.29, 0.717) is 11.3 Å². The van der Waals surface area contributed by atoms with Crippen molar-refractivity contribution in [3.63, 3.8) is 0 Å². The number of hydrogen-bond acceptors (Lipinski definition) is 5. The molecule has 42 heavy (non-hydrogen) atoms. The van der Waals surface area contributed by atoms with Crippen molar-refractivity contribution in [2.45, 2.75) is 19.3 Å². The van der Waals surface area contributed by atoms with E-state index in [1.54, 1.807) is 66.7 Å². The second-order valence-electron chi connectivity index (χ2n) is 9.72. The predicted molar refractivity (Wildman–Crippen MR) is 169 cm³/mol. The number of halogens is 1. The number of allylic oxidation sites excluding steroid dienone is 5. The van der Waals surface area contributed by atoms with Gasteiger partial charge in [-0.3, -0.25) is 9.59 Å². The largest absolute Gasteiger partial charge is 0.500 e. The first-order valence-electron chi connectivity index (χ1n) is 13.4. The minimum atomic E-state index is -1.22. The highest BCUT2D eigenvalue weighted by atomic mass is 79.9. The van der Waals surface area contributed by atoms with Crippen LogP contribution in [-0.4, -0.2) is 24.6 Å². The predicted octanol–water partition coefficient (Wildman–Crippen LogP) is 8.47. The average Bonchev–Trinajstić information content (AvgIpc) is 3.01. The van der Waals surface area contributed by atoms with Crippen LogP contribution in [0.2, 0.25) is 0 Å². The van der Waals surface area contributed by atoms with E-state index in [1.807, 2.05) is 42.5 Å². The maximum atomic E-state index is 14.2. The quantitative estimate of drug-likeness (QED) is 0.0877. The van der Waals surface area contributed by atoms with E-state index in [-0.39, 0.29) is 41.7 Å². The molecule has 0 bridgehead atoms. The van der Waals surface area contributed by atoms with E-state index in [4.69, 9.17) is 9.47 Å². The minimum Gasteiger partial charge on any atom is -0.500 e. The fraction of sp³-hybridized carbons (Fsp3) is 0.139. The third-order valence-corrected chi connectivity index (χ3v) is 7.56. The Morgan fingerprint density at radius 3 is 2.07 bits per heavy atom. The zero-order valence-electron chi connectivity index (χ0n) is 23.3. The fourth-order valence-corrected chi connectivity index (χ4v) is 5.39. The van der Waals surface area contributed by atoms with Gasteiger partial charge in [-0.25, -0.2) is 4.79 Å². The van der Waals surface area contributed by atoms with Crippen molar-refractivity contribution in [1.82, 2.24) is 0 Å². The molecule has 0 spiro atoms. The van der Waals surface area contributed by atoms with Crippen molar-refractivity contribution in [3.05, 3.63) is 160 Å². The molecule has 1 atom stereocenters. The monoisotopic (exact) mass is 622 g/mol. The number of Topliss-reactive ketones (excluding diaryl/α,β-unsaturated/α-hetero) is 2. The lowest BCUT2D eigenvalue weighted by Gasteiger charge is -2.40. The molecule has 1 aliphatic carbocycles. The van der Waals surface area contributed by atoms with Crippen molar-refractivity contribution in [2.24, 2.45) is 5.41 Å². The van der Waals surface area contributed by atoms with Crippen molar-refractivity contribution >= 4 is 39.5 Å². The zero-order valence-corrected chi connectivity index (χ0v) is 24.9. The van der Waals surface area contributed by atoms with Crippen molar-refractivity contribution < 1.29 is 23.9 Å². The summed E-state index contributed by atoms with van der Waals surface area (Å²) in [7, 11) is 1.47. The molecule has 0 aliphatic heterocycles. The summed E-state index contributed by atoms with van der Waals surface area (Å²) >= 11 is 3.38. The van der Waals surface area contributed by atoms with Crippen molar-refractivity contribution in [3.8, 4) is 0 Å². The molecule has 212 valence electrons. The molecule has 1 aliphatic rings. The van der Waals surface area contributed by atoms with E-state index < -0.39 is 23.0 Å². The summed E-state index contributed by atoms with van der Waals surface area (Å²) in [6, 6.07) is 24.9. The smallest absolute Gasteiger partial charge is 0.343 e. The lowest BCUT2D eigenvalue weighted by molar-refractivity contribution is -0.113. The van der Waals surface area contributed by atoms with Gasteiger partial charge in [-0.15, -0.1) is 13.2 Å². The summed E-state index contributed by atoms with van der Waals surface area (Å²) < 4.78 is 12.9. The van der Waals surface area contributed by atoms with Crippen LogP contribution in [-0.2, 0) is 14.3 Å². The fourth-order valence-electron chi connectivity index (χ4n) is 5.12. The molecule has 3 aromatic rings. The molecule has 0 heterocycles. The summed E-state index contributed by atoms with van der Waals surface area (Å²) in [6.45, 7) is 7.80. The highest BCUT2D eigenvalue weighted by Gasteiger charge is 2.51. The van der Waals surface area contributed by atoms with E-state index in [9.17, 15) is 14.4 Å². The van der Waals surface area contributed by atoms with Gasteiger partial charge in [0.15, 0.2) is 11.6 Å². The van der Waals surface area contributed by atoms with Crippen molar-refractivity contribution in [1.29, 1.82) is 0 Å². The Kier molecular flexibility index (Phi) is 10.0. The number of ketones is 2. The first-order chi connectivity index (χ1) is 20.4. The van der Waals surface area contributed by atoms with Crippen LogP contribution in [0.5, 0.6) is 0 Å². The Balaban J connectivity index is 1.99. The van der Waals surface area contributed by atoms with Gasteiger partial charge in [0, 0.05) is 15.6 Å². The topological polar surface area (TPSA) is 69.7 Å². The van der Waals surface area contributed by atoms with Gasteiger partial charge in [0.25, 0.3) is 0 Å². The van der Waals surface area contributed by atoms with Crippen LogP contribution in [0.15, 0.2) is 143 Å². The van der Waals surface area contributed by atoms with Gasteiger partial charge in [0.2, 0.25) is 0 Å². The SMILES string of the molecule is C=CCC1=C(OC)[C@@](CC=C)(C/C=C/c2ccccc2)C(OC(=O)c2ccc(Br)cc2)=C(C(=O)c2ccccc2)C1=O. The second-order valence-corrected chi connectivity index (χ2v) is 10.6. The molecule has 4 rings (SSSR count). The number of rotatable bonds is 12. The van der Waals surface area contributed by atoms with Gasteiger partial charge in [0.05, 0.1) is 18.1 Å². The van der Waals surface area contributed by atoms with Gasteiger partial charge in [0.1, 0.15) is 17.1 Å². The average molecular weight is 624 g/mol. The number of hydrogen-bond donors (Lipinski definition) is 0. The van der Waals surface area contributed by atoms with Gasteiger partial charge in [-0.2, -0.15) is 0 Å². The Hall–Kier alpha value is -4.55. The van der Waals surface area contributed by atoms with E-state index in [2.05, 4.69) is 29.1 Å². The standard InChI is InChI=1S/C36H31BrO5/c1-4-13-29-32(39)30(31(38)26-17-10-7-11-18-26)34(42-35(40)27-19-21-28(37)22-20-27)36(23-5-2,33(29)41-3)24-12-16-25-14-8-6-9-15-25/h4-12,14-22H,1-2,13,23-24H2,3H3/b16-12+/t36-/m1/s1. The van der Waals surface area contributed by atoms with E-state index in [0.717, 1.165) is 10.0 Å². The minimum absolute atomic E-state index is 0.0588. The van der Waals surface area contributed by atoms with Gasteiger partial charge >= 0.3 is 5.97 Å². The second kappa shape index (κ2) is 13.9. The summed E-state index contributed by atoms with van der Waals surface area (Å²) in [5.74, 6) is -1.56. The van der Waals surface area contributed by atoms with E-state index in [1.165, 1.54) is 7.11 Å². The Morgan fingerprint density at radius 1 is 0.833 bits per heavy atom.